The molecule has 0 aromatic heterocycles. The molecule has 4 atom stereocenters. The average Bonchev–Trinajstić information content (AvgIpc) is 2.80. The number of phenolic OH excluding ortho intramolecular Hbond substituents is 1. The second-order valence-corrected chi connectivity index (χ2v) is 9.70. The van der Waals surface area contributed by atoms with Crippen molar-refractivity contribution in [2.45, 2.75) is 50.4 Å². The van der Waals surface area contributed by atoms with E-state index in [2.05, 4.69) is 16.0 Å². The van der Waals surface area contributed by atoms with Crippen molar-refractivity contribution in [2.24, 2.45) is 5.73 Å². The highest BCUT2D eigenvalue weighted by Crippen LogP contribution is 2.11. The van der Waals surface area contributed by atoms with Gasteiger partial charge in [-0.15, -0.1) is 0 Å². The number of carbonyl (C=O) groups excluding carboxylic acids is 3. The maximum atomic E-state index is 12.7. The summed E-state index contributed by atoms with van der Waals surface area (Å²) in [6.07, 6.45) is 4.47. The largest absolute Gasteiger partial charge is 0.508 e. The second-order valence-electron chi connectivity index (χ2n) is 7.73. The fourth-order valence-electron chi connectivity index (χ4n) is 2.93. The quantitative estimate of drug-likeness (QED) is 0.193. The molecule has 0 heterocycles. The highest BCUT2D eigenvalue weighted by Gasteiger charge is 2.28. The summed E-state index contributed by atoms with van der Waals surface area (Å²) in [7, 11) is 0. The van der Waals surface area contributed by atoms with Gasteiger partial charge in [0, 0.05) is 0 Å². The van der Waals surface area contributed by atoms with Crippen LogP contribution in [0.1, 0.15) is 25.3 Å². The zero-order valence-electron chi connectivity index (χ0n) is 19.6. The molecule has 1 rings (SSSR count). The van der Waals surface area contributed by atoms with Gasteiger partial charge in [-0.05, 0) is 67.9 Å². The number of rotatable bonds is 15. The molecule has 0 saturated carbocycles. The van der Waals surface area contributed by atoms with Crippen molar-refractivity contribution in [3.63, 3.8) is 0 Å². The van der Waals surface area contributed by atoms with Crippen LogP contribution in [0, 0.1) is 0 Å². The molecule has 12 heteroatoms. The van der Waals surface area contributed by atoms with Gasteiger partial charge in [0.1, 0.15) is 23.9 Å². The van der Waals surface area contributed by atoms with Crippen LogP contribution < -0.4 is 21.7 Å². The monoisotopic (exact) mass is 514 g/mol. The molecule has 0 saturated heterocycles. The highest BCUT2D eigenvalue weighted by atomic mass is 32.2. The Morgan fingerprint density at radius 1 is 0.882 bits per heavy atom. The van der Waals surface area contributed by atoms with Crippen molar-refractivity contribution in [1.82, 2.24) is 16.0 Å². The zero-order valence-corrected chi connectivity index (χ0v) is 21.2. The van der Waals surface area contributed by atoms with Crippen LogP contribution in [0.25, 0.3) is 0 Å². The lowest BCUT2D eigenvalue weighted by Gasteiger charge is -2.23. The minimum absolute atomic E-state index is 0.103. The fraction of sp³-hybridized carbons (Fsp3) is 0.545. The minimum atomic E-state index is -1.14. The predicted molar refractivity (Wildman–Crippen MR) is 135 cm³/mol. The summed E-state index contributed by atoms with van der Waals surface area (Å²) < 4.78 is 0. The average molecular weight is 515 g/mol. The topological polar surface area (TPSA) is 171 Å². The van der Waals surface area contributed by atoms with Crippen LogP contribution in [-0.4, -0.2) is 82.1 Å². The van der Waals surface area contributed by atoms with Gasteiger partial charge in [0.2, 0.25) is 17.7 Å². The number of carbonyl (C=O) groups is 4. The van der Waals surface area contributed by atoms with Crippen LogP contribution >= 0.6 is 23.5 Å². The normalized spacial score (nSPS) is 14.4. The third-order valence-electron chi connectivity index (χ3n) is 4.95. The number of hydrogen-bond acceptors (Lipinski definition) is 8. The van der Waals surface area contributed by atoms with Crippen molar-refractivity contribution in [1.29, 1.82) is 0 Å². The Balaban J connectivity index is 2.71. The van der Waals surface area contributed by atoms with E-state index in [1.54, 1.807) is 12.1 Å². The van der Waals surface area contributed by atoms with Crippen LogP contribution in [0.15, 0.2) is 24.3 Å². The van der Waals surface area contributed by atoms with Gasteiger partial charge in [-0.2, -0.15) is 23.5 Å². The second kappa shape index (κ2) is 15.5. The number of benzene rings is 1. The first kappa shape index (κ1) is 29.6. The number of nitrogens with one attached hydrogen (secondary N) is 3. The molecular weight excluding hydrogens is 480 g/mol. The lowest BCUT2D eigenvalue weighted by Crippen LogP contribution is -2.56. The van der Waals surface area contributed by atoms with E-state index in [-0.39, 0.29) is 18.6 Å². The minimum Gasteiger partial charge on any atom is -0.508 e. The summed E-state index contributed by atoms with van der Waals surface area (Å²) in [5.74, 6) is -1.61. The first-order valence-corrected chi connectivity index (χ1v) is 13.5. The summed E-state index contributed by atoms with van der Waals surface area (Å²) in [5, 5.41) is 26.3. The van der Waals surface area contributed by atoms with Gasteiger partial charge < -0.3 is 31.9 Å². The summed E-state index contributed by atoms with van der Waals surface area (Å²) in [6, 6.07) is 2.41. The van der Waals surface area contributed by atoms with Gasteiger partial charge in [0.15, 0.2) is 0 Å². The van der Waals surface area contributed by atoms with E-state index < -0.39 is 47.9 Å². The Bertz CT molecular complexity index is 824. The molecule has 0 spiro atoms. The van der Waals surface area contributed by atoms with Crippen molar-refractivity contribution >= 4 is 47.2 Å². The van der Waals surface area contributed by atoms with E-state index in [0.29, 0.717) is 17.9 Å². The molecule has 10 nitrogen and oxygen atoms in total. The Labute approximate surface area is 208 Å². The van der Waals surface area contributed by atoms with Crippen molar-refractivity contribution in [2.75, 3.05) is 24.0 Å². The van der Waals surface area contributed by atoms with Crippen molar-refractivity contribution in [3.8, 4) is 5.75 Å². The summed E-state index contributed by atoms with van der Waals surface area (Å²) in [5.41, 5.74) is 6.69. The van der Waals surface area contributed by atoms with E-state index in [1.807, 2.05) is 12.5 Å². The Hall–Kier alpha value is -2.44. The number of phenols is 1. The first-order valence-electron chi connectivity index (χ1n) is 10.7. The number of carboxylic acid groups (broad SMARTS) is 1. The summed E-state index contributed by atoms with van der Waals surface area (Å²) in [6.45, 7) is 1.47. The van der Waals surface area contributed by atoms with E-state index >= 15 is 0 Å². The van der Waals surface area contributed by atoms with Gasteiger partial charge in [0.05, 0.1) is 6.04 Å². The Morgan fingerprint density at radius 2 is 1.41 bits per heavy atom. The number of thioether (sulfide) groups is 2. The highest BCUT2D eigenvalue weighted by molar-refractivity contribution is 7.98. The van der Waals surface area contributed by atoms with E-state index in [9.17, 15) is 29.4 Å². The van der Waals surface area contributed by atoms with Crippen LogP contribution in [0.3, 0.4) is 0 Å². The number of nitrogens with two attached hydrogens (primary N) is 1. The van der Waals surface area contributed by atoms with Crippen LogP contribution in [0.2, 0.25) is 0 Å². The van der Waals surface area contributed by atoms with E-state index in [1.165, 1.54) is 42.6 Å². The number of aromatic hydroxyl groups is 1. The molecule has 7 N–H and O–H groups in total. The van der Waals surface area contributed by atoms with Crippen molar-refractivity contribution in [3.05, 3.63) is 29.8 Å². The maximum absolute atomic E-state index is 12.7. The zero-order chi connectivity index (χ0) is 25.7. The predicted octanol–water partition coefficient (Wildman–Crippen LogP) is 0.327. The molecule has 0 aliphatic rings. The number of aliphatic carboxylic acids is 1. The van der Waals surface area contributed by atoms with Crippen LogP contribution in [0.4, 0.5) is 0 Å². The molecular formula is C22H34N4O6S2. The molecule has 190 valence electrons. The number of amides is 3. The van der Waals surface area contributed by atoms with Gasteiger partial charge in [0.25, 0.3) is 0 Å². The molecule has 1 aromatic rings. The van der Waals surface area contributed by atoms with Crippen LogP contribution in [-0.2, 0) is 25.6 Å². The van der Waals surface area contributed by atoms with Gasteiger partial charge >= 0.3 is 5.97 Å². The maximum Gasteiger partial charge on any atom is 0.326 e. The lowest BCUT2D eigenvalue weighted by molar-refractivity contribution is -0.142. The summed E-state index contributed by atoms with van der Waals surface area (Å²) in [4.78, 5) is 49.3. The SMILES string of the molecule is CSCCC(NC(=O)C(CCSC)NC(=O)C(C)NC(=O)C(N)Cc1ccc(O)cc1)C(=O)O. The third kappa shape index (κ3) is 10.7. The molecule has 0 fully saturated rings. The standard InChI is InChI=1S/C22H34N4O6S2/c1-13(24-20(29)16(23)12-14-4-6-15(27)7-5-14)19(28)25-17(8-10-33-2)21(30)26-18(22(31)32)9-11-34-3/h4-7,13,16-18,27H,8-12,23H2,1-3H3,(H,24,29)(H,25,28)(H,26,30)(H,31,32). The molecule has 0 bridgehead atoms. The van der Waals surface area contributed by atoms with Gasteiger partial charge in [-0.3, -0.25) is 14.4 Å². The summed E-state index contributed by atoms with van der Waals surface area (Å²) >= 11 is 2.96. The molecule has 4 unspecified atom stereocenters. The van der Waals surface area contributed by atoms with Gasteiger partial charge in [-0.1, -0.05) is 12.1 Å². The molecule has 3 amide bonds. The Kier molecular flexibility index (Phi) is 13.5. The number of carboxylic acids is 1. The van der Waals surface area contributed by atoms with E-state index in [4.69, 9.17) is 5.73 Å². The fourth-order valence-corrected chi connectivity index (χ4v) is 3.87. The van der Waals surface area contributed by atoms with E-state index in [0.717, 1.165) is 5.56 Å². The third-order valence-corrected chi connectivity index (χ3v) is 6.24. The first-order chi connectivity index (χ1) is 16.1. The smallest absolute Gasteiger partial charge is 0.326 e. The molecule has 0 aliphatic carbocycles. The number of hydrogen-bond donors (Lipinski definition) is 6. The van der Waals surface area contributed by atoms with Crippen LogP contribution in [0.5, 0.6) is 5.75 Å². The molecule has 34 heavy (non-hydrogen) atoms. The molecule has 0 radical (unpaired) electrons. The lowest BCUT2D eigenvalue weighted by atomic mass is 10.1. The molecule has 0 aliphatic heterocycles. The van der Waals surface area contributed by atoms with Crippen molar-refractivity contribution < 1.29 is 29.4 Å². The Morgan fingerprint density at radius 3 is 1.94 bits per heavy atom. The van der Waals surface area contributed by atoms with Gasteiger partial charge in [-0.25, -0.2) is 4.79 Å². The molecule has 1 aromatic carbocycles.